The molecule has 1 aliphatic heterocycles. The van der Waals surface area contributed by atoms with Crippen LogP contribution in [0.4, 0.5) is 14.5 Å². The summed E-state index contributed by atoms with van der Waals surface area (Å²) in [6.45, 7) is 5.01. The number of aromatic nitrogens is 2. The number of Topliss-reactive ketones (excluding diaryl/α,β-unsaturated/α-hetero) is 1. The van der Waals surface area contributed by atoms with Crippen molar-refractivity contribution in [2.24, 2.45) is 0 Å². The lowest BCUT2D eigenvalue weighted by Crippen LogP contribution is -2.44. The van der Waals surface area contributed by atoms with Gasteiger partial charge in [0.15, 0.2) is 16.7 Å². The number of carbonyl (C=O) groups excluding carboxylic acids is 1. The van der Waals surface area contributed by atoms with Gasteiger partial charge >= 0.3 is 0 Å². The standard InChI is InChI=1S/C26H25Cl2F2N3O4S/c1-4-32-14-23(26(28)31-32)38(35,36)33-13-18(9-8-16(3)34)37-25-21(30)11-17(12-22(25)33)10-15(2)24-19(27)6-5-7-20(24)29/h5-7,10-12,14,18H,4,8-9,13H2,1-3H3/b15-10+/t18-/m0/s1. The van der Waals surface area contributed by atoms with Crippen LogP contribution in [-0.4, -0.2) is 36.6 Å². The molecule has 0 radical (unpaired) electrons. The number of nitrogens with zero attached hydrogens (tertiary/aromatic N) is 3. The Morgan fingerprint density at radius 1 is 1.21 bits per heavy atom. The van der Waals surface area contributed by atoms with E-state index < -0.39 is 27.8 Å². The Morgan fingerprint density at radius 3 is 2.58 bits per heavy atom. The van der Waals surface area contributed by atoms with Gasteiger partial charge in [-0.25, -0.2) is 17.2 Å². The average Bonchev–Trinajstić information content (AvgIpc) is 3.24. The molecular formula is C26H25Cl2F2N3O4S. The third-order valence-corrected chi connectivity index (χ3v) is 8.59. The number of fused-ring (bicyclic) bond motifs is 1. The lowest BCUT2D eigenvalue weighted by molar-refractivity contribution is -0.117. The minimum Gasteiger partial charge on any atom is -0.483 e. The van der Waals surface area contributed by atoms with E-state index in [9.17, 15) is 17.6 Å². The van der Waals surface area contributed by atoms with Crippen molar-refractivity contribution in [3.8, 4) is 5.75 Å². The van der Waals surface area contributed by atoms with Crippen molar-refractivity contribution in [1.82, 2.24) is 9.78 Å². The van der Waals surface area contributed by atoms with Crippen molar-refractivity contribution < 1.29 is 26.7 Å². The van der Waals surface area contributed by atoms with E-state index in [1.54, 1.807) is 13.8 Å². The first-order chi connectivity index (χ1) is 17.9. The summed E-state index contributed by atoms with van der Waals surface area (Å²) in [5, 5.41) is 3.98. The molecule has 2 heterocycles. The van der Waals surface area contributed by atoms with Crippen molar-refractivity contribution >= 4 is 56.3 Å². The van der Waals surface area contributed by atoms with Gasteiger partial charge in [0.05, 0.1) is 17.3 Å². The molecule has 12 heteroatoms. The van der Waals surface area contributed by atoms with Gasteiger partial charge in [0.1, 0.15) is 22.6 Å². The van der Waals surface area contributed by atoms with Crippen LogP contribution in [0.5, 0.6) is 5.75 Å². The van der Waals surface area contributed by atoms with Gasteiger partial charge in [-0.15, -0.1) is 0 Å². The van der Waals surface area contributed by atoms with E-state index in [-0.39, 0.29) is 62.8 Å². The van der Waals surface area contributed by atoms with Gasteiger partial charge in [0.2, 0.25) is 0 Å². The number of halogens is 4. The maximum absolute atomic E-state index is 15.4. The lowest BCUT2D eigenvalue weighted by atomic mass is 10.0. The molecule has 4 rings (SSSR count). The molecule has 0 fully saturated rings. The van der Waals surface area contributed by atoms with Crippen LogP contribution in [0.25, 0.3) is 11.6 Å². The van der Waals surface area contributed by atoms with Crippen LogP contribution in [0.1, 0.15) is 44.7 Å². The fourth-order valence-electron chi connectivity index (χ4n) is 4.24. The second-order valence-electron chi connectivity index (χ2n) is 8.93. The van der Waals surface area contributed by atoms with Gasteiger partial charge in [-0.3, -0.25) is 8.99 Å². The Kier molecular flexibility index (Phi) is 8.15. The Morgan fingerprint density at radius 2 is 1.95 bits per heavy atom. The number of rotatable bonds is 8. The Hall–Kier alpha value is -2.95. The molecule has 1 aromatic heterocycles. The van der Waals surface area contributed by atoms with E-state index in [1.165, 1.54) is 48.1 Å². The highest BCUT2D eigenvalue weighted by atomic mass is 35.5. The van der Waals surface area contributed by atoms with Crippen molar-refractivity contribution in [3.63, 3.8) is 0 Å². The summed E-state index contributed by atoms with van der Waals surface area (Å²) in [6, 6.07) is 6.87. The maximum Gasteiger partial charge on any atom is 0.269 e. The molecule has 2 aromatic carbocycles. The summed E-state index contributed by atoms with van der Waals surface area (Å²) >= 11 is 12.4. The van der Waals surface area contributed by atoms with E-state index in [4.69, 9.17) is 27.9 Å². The fourth-order valence-corrected chi connectivity index (χ4v) is 6.50. The SMILES string of the molecule is CCn1cc(S(=O)(=O)N2C[C@H](CCC(C)=O)Oc3c(F)cc(/C=C(\C)c4c(F)cccc4Cl)cc32)c(Cl)n1. The molecule has 0 bridgehead atoms. The smallest absolute Gasteiger partial charge is 0.269 e. The van der Waals surface area contributed by atoms with Gasteiger partial charge < -0.3 is 9.53 Å². The summed E-state index contributed by atoms with van der Waals surface area (Å²) in [5.74, 6) is -1.74. The van der Waals surface area contributed by atoms with Crippen LogP contribution in [-0.2, 0) is 21.4 Å². The zero-order valence-corrected chi connectivity index (χ0v) is 23.2. The molecule has 7 nitrogen and oxygen atoms in total. The Labute approximate surface area is 229 Å². The van der Waals surface area contributed by atoms with Crippen molar-refractivity contribution in [2.75, 3.05) is 10.8 Å². The normalized spacial score (nSPS) is 15.8. The molecule has 0 aliphatic carbocycles. The topological polar surface area (TPSA) is 81.5 Å². The number of benzene rings is 2. The summed E-state index contributed by atoms with van der Waals surface area (Å²) in [6.07, 6.45) is 2.35. The first kappa shape index (κ1) is 28.1. The summed E-state index contributed by atoms with van der Waals surface area (Å²) in [5.41, 5.74) is 0.767. The first-order valence-corrected chi connectivity index (χ1v) is 14.0. The summed E-state index contributed by atoms with van der Waals surface area (Å²) in [4.78, 5) is 11.3. The molecule has 38 heavy (non-hydrogen) atoms. The highest BCUT2D eigenvalue weighted by Crippen LogP contribution is 2.42. The highest BCUT2D eigenvalue weighted by molar-refractivity contribution is 7.93. The number of anilines is 1. The van der Waals surface area contributed by atoms with E-state index >= 15 is 4.39 Å². The molecule has 3 aromatic rings. The molecule has 1 atom stereocenters. The summed E-state index contributed by atoms with van der Waals surface area (Å²) in [7, 11) is -4.31. The van der Waals surface area contributed by atoms with E-state index in [0.29, 0.717) is 12.1 Å². The molecule has 0 unspecified atom stereocenters. The van der Waals surface area contributed by atoms with Crippen LogP contribution in [0, 0.1) is 11.6 Å². The van der Waals surface area contributed by atoms with E-state index in [1.807, 2.05) is 0 Å². The molecule has 0 amide bonds. The number of aryl methyl sites for hydroxylation is 1. The first-order valence-electron chi connectivity index (χ1n) is 11.8. The number of ketones is 1. The highest BCUT2D eigenvalue weighted by Gasteiger charge is 2.38. The monoisotopic (exact) mass is 583 g/mol. The van der Waals surface area contributed by atoms with Crippen LogP contribution in [0.15, 0.2) is 41.4 Å². The van der Waals surface area contributed by atoms with Crippen molar-refractivity contribution in [3.05, 3.63) is 69.5 Å². The summed E-state index contributed by atoms with van der Waals surface area (Å²) < 4.78 is 65.7. The van der Waals surface area contributed by atoms with Crippen molar-refractivity contribution in [2.45, 2.75) is 51.2 Å². The Bertz CT molecular complexity index is 1520. The maximum atomic E-state index is 15.4. The molecule has 202 valence electrons. The number of ether oxygens (including phenoxy) is 1. The molecule has 0 N–H and O–H groups in total. The van der Waals surface area contributed by atoms with E-state index in [0.717, 1.165) is 10.4 Å². The van der Waals surface area contributed by atoms with Crippen LogP contribution in [0.2, 0.25) is 10.2 Å². The molecule has 0 saturated heterocycles. The number of carbonyl (C=O) groups is 1. The molecular weight excluding hydrogens is 559 g/mol. The predicted molar refractivity (Wildman–Crippen MR) is 143 cm³/mol. The molecule has 0 saturated carbocycles. The van der Waals surface area contributed by atoms with Crippen LogP contribution in [0.3, 0.4) is 0 Å². The number of hydrogen-bond donors (Lipinski definition) is 0. The predicted octanol–water partition coefficient (Wildman–Crippen LogP) is 6.37. The third-order valence-electron chi connectivity index (χ3n) is 6.11. The average molecular weight is 584 g/mol. The second kappa shape index (κ2) is 11.0. The van der Waals surface area contributed by atoms with Crippen molar-refractivity contribution in [1.29, 1.82) is 0 Å². The quantitative estimate of drug-likeness (QED) is 0.288. The molecule has 1 aliphatic rings. The largest absolute Gasteiger partial charge is 0.483 e. The molecule has 0 spiro atoms. The third kappa shape index (κ3) is 5.57. The minimum atomic E-state index is -4.31. The van der Waals surface area contributed by atoms with Crippen LogP contribution >= 0.6 is 23.2 Å². The Balaban J connectivity index is 1.84. The van der Waals surface area contributed by atoms with Gasteiger partial charge in [-0.1, -0.05) is 35.3 Å². The lowest BCUT2D eigenvalue weighted by Gasteiger charge is -2.35. The number of sulfonamides is 1. The minimum absolute atomic E-state index is 0.0527. The van der Waals surface area contributed by atoms with Gasteiger partial charge in [-0.2, -0.15) is 5.10 Å². The number of allylic oxidation sites excluding steroid dienone is 1. The van der Waals surface area contributed by atoms with E-state index in [2.05, 4.69) is 5.10 Å². The zero-order valence-electron chi connectivity index (χ0n) is 20.8. The zero-order chi connectivity index (χ0) is 27.8. The van der Waals surface area contributed by atoms with Gasteiger partial charge in [-0.05, 0) is 62.6 Å². The van der Waals surface area contributed by atoms with Gasteiger partial charge in [0.25, 0.3) is 10.0 Å². The fraction of sp³-hybridized carbons (Fsp3) is 0.308. The van der Waals surface area contributed by atoms with Gasteiger partial charge in [0, 0.05) is 24.7 Å². The number of hydrogen-bond acceptors (Lipinski definition) is 5. The second-order valence-corrected chi connectivity index (χ2v) is 11.5. The van der Waals surface area contributed by atoms with Crippen LogP contribution < -0.4 is 9.04 Å².